The monoisotopic (exact) mass is 281 g/mol. The van der Waals surface area contributed by atoms with Crippen molar-refractivity contribution in [2.45, 2.75) is 44.6 Å². The summed E-state index contributed by atoms with van der Waals surface area (Å²) in [4.78, 5) is 4.85. The Bertz CT molecular complexity index is 623. The summed E-state index contributed by atoms with van der Waals surface area (Å²) in [6.07, 6.45) is 5.26. The second-order valence-electron chi connectivity index (χ2n) is 5.99. The standard InChI is InChI=1S/C18H23N3/c1-3-11-21-17(19)16(20-18(21)15-9-10-15)12-13(2)14-7-5-4-6-8-14/h3-8,13,15H,1,9-12,19H2,2H3. The number of hydrogen-bond donors (Lipinski definition) is 1. The van der Waals surface area contributed by atoms with E-state index in [9.17, 15) is 0 Å². The van der Waals surface area contributed by atoms with Gasteiger partial charge in [0.15, 0.2) is 0 Å². The molecule has 1 aliphatic rings. The molecular weight excluding hydrogens is 258 g/mol. The number of allylic oxidation sites excluding steroid dienone is 1. The molecule has 2 N–H and O–H groups in total. The zero-order valence-electron chi connectivity index (χ0n) is 12.6. The molecule has 1 aromatic carbocycles. The van der Waals surface area contributed by atoms with Gasteiger partial charge in [0, 0.05) is 12.5 Å². The molecule has 21 heavy (non-hydrogen) atoms. The fourth-order valence-corrected chi connectivity index (χ4v) is 2.85. The molecule has 1 atom stereocenters. The van der Waals surface area contributed by atoms with Crippen molar-refractivity contribution in [3.8, 4) is 0 Å². The molecule has 3 heteroatoms. The van der Waals surface area contributed by atoms with Crippen LogP contribution in [0.15, 0.2) is 43.0 Å². The fourth-order valence-electron chi connectivity index (χ4n) is 2.85. The van der Waals surface area contributed by atoms with Crippen LogP contribution in [-0.4, -0.2) is 9.55 Å². The molecule has 1 fully saturated rings. The minimum atomic E-state index is 0.424. The fraction of sp³-hybridized carbons (Fsp3) is 0.389. The molecule has 3 rings (SSSR count). The Morgan fingerprint density at radius 1 is 1.38 bits per heavy atom. The van der Waals surface area contributed by atoms with Crippen LogP contribution in [0.1, 0.15) is 48.7 Å². The molecule has 0 aliphatic heterocycles. The number of hydrogen-bond acceptors (Lipinski definition) is 2. The van der Waals surface area contributed by atoms with Crippen molar-refractivity contribution in [1.82, 2.24) is 9.55 Å². The highest BCUT2D eigenvalue weighted by Crippen LogP contribution is 2.41. The van der Waals surface area contributed by atoms with Crippen molar-refractivity contribution < 1.29 is 0 Å². The van der Waals surface area contributed by atoms with E-state index in [1.807, 2.05) is 6.08 Å². The van der Waals surface area contributed by atoms with Gasteiger partial charge in [0.25, 0.3) is 0 Å². The predicted octanol–water partition coefficient (Wildman–Crippen LogP) is 3.87. The highest BCUT2D eigenvalue weighted by molar-refractivity contribution is 5.41. The van der Waals surface area contributed by atoms with E-state index in [0.717, 1.165) is 30.3 Å². The van der Waals surface area contributed by atoms with Gasteiger partial charge in [-0.3, -0.25) is 0 Å². The lowest BCUT2D eigenvalue weighted by Crippen LogP contribution is -2.06. The Kier molecular flexibility index (Phi) is 3.82. The van der Waals surface area contributed by atoms with E-state index in [0.29, 0.717) is 11.8 Å². The van der Waals surface area contributed by atoms with Gasteiger partial charge in [-0.1, -0.05) is 43.3 Å². The van der Waals surface area contributed by atoms with E-state index in [1.54, 1.807) is 0 Å². The average Bonchev–Trinajstić information content (AvgIpc) is 3.30. The molecule has 1 saturated carbocycles. The Morgan fingerprint density at radius 2 is 2.10 bits per heavy atom. The molecule has 0 radical (unpaired) electrons. The summed E-state index contributed by atoms with van der Waals surface area (Å²) in [5.74, 6) is 3.00. The highest BCUT2D eigenvalue weighted by atomic mass is 15.1. The normalized spacial score (nSPS) is 15.9. The molecule has 0 saturated heterocycles. The first-order chi connectivity index (χ1) is 10.2. The van der Waals surface area contributed by atoms with E-state index in [4.69, 9.17) is 10.7 Å². The first kappa shape index (κ1) is 13.9. The topological polar surface area (TPSA) is 43.8 Å². The van der Waals surface area contributed by atoms with Crippen LogP contribution in [0.25, 0.3) is 0 Å². The summed E-state index contributed by atoms with van der Waals surface area (Å²) in [6.45, 7) is 6.82. The maximum absolute atomic E-state index is 6.33. The molecule has 1 aliphatic carbocycles. The number of imidazole rings is 1. The molecule has 1 aromatic heterocycles. The van der Waals surface area contributed by atoms with Crippen LogP contribution in [0.2, 0.25) is 0 Å². The van der Waals surface area contributed by atoms with Crippen LogP contribution in [0.5, 0.6) is 0 Å². The molecule has 0 spiro atoms. The van der Waals surface area contributed by atoms with Crippen molar-refractivity contribution in [2.75, 3.05) is 5.73 Å². The van der Waals surface area contributed by atoms with E-state index in [2.05, 4.69) is 48.4 Å². The van der Waals surface area contributed by atoms with Gasteiger partial charge < -0.3 is 10.3 Å². The second-order valence-corrected chi connectivity index (χ2v) is 5.99. The highest BCUT2D eigenvalue weighted by Gasteiger charge is 2.30. The SMILES string of the molecule is C=CCn1c(C2CC2)nc(CC(C)c2ccccc2)c1N. The number of anilines is 1. The van der Waals surface area contributed by atoms with Gasteiger partial charge in [-0.2, -0.15) is 0 Å². The molecule has 0 amide bonds. The minimum absolute atomic E-state index is 0.424. The zero-order valence-corrected chi connectivity index (χ0v) is 12.6. The van der Waals surface area contributed by atoms with Gasteiger partial charge >= 0.3 is 0 Å². The quantitative estimate of drug-likeness (QED) is 0.817. The van der Waals surface area contributed by atoms with Crippen LogP contribution in [-0.2, 0) is 13.0 Å². The molecule has 3 nitrogen and oxygen atoms in total. The van der Waals surface area contributed by atoms with E-state index in [-0.39, 0.29) is 0 Å². The van der Waals surface area contributed by atoms with Crippen LogP contribution in [0.4, 0.5) is 5.82 Å². The third kappa shape index (κ3) is 2.87. The summed E-state index contributed by atoms with van der Waals surface area (Å²) in [5, 5.41) is 0. The predicted molar refractivity (Wildman–Crippen MR) is 87.4 cm³/mol. The van der Waals surface area contributed by atoms with Gasteiger partial charge in [-0.15, -0.1) is 6.58 Å². The summed E-state index contributed by atoms with van der Waals surface area (Å²) in [5.41, 5.74) is 8.71. The summed E-state index contributed by atoms with van der Waals surface area (Å²) >= 11 is 0. The third-order valence-corrected chi connectivity index (χ3v) is 4.23. The molecule has 1 heterocycles. The molecule has 0 bridgehead atoms. The lowest BCUT2D eigenvalue weighted by Gasteiger charge is -2.11. The van der Waals surface area contributed by atoms with Gasteiger partial charge in [-0.05, 0) is 30.7 Å². The van der Waals surface area contributed by atoms with Gasteiger partial charge in [0.1, 0.15) is 11.6 Å². The number of nitrogens with zero attached hydrogens (tertiary/aromatic N) is 2. The van der Waals surface area contributed by atoms with Crippen molar-refractivity contribution in [3.05, 3.63) is 60.1 Å². The summed E-state index contributed by atoms with van der Waals surface area (Å²) in [7, 11) is 0. The number of aromatic nitrogens is 2. The largest absolute Gasteiger partial charge is 0.384 e. The lowest BCUT2D eigenvalue weighted by atomic mass is 9.96. The van der Waals surface area contributed by atoms with Crippen LogP contribution in [0, 0.1) is 0 Å². The van der Waals surface area contributed by atoms with Gasteiger partial charge in [-0.25, -0.2) is 4.98 Å². The molecule has 110 valence electrons. The lowest BCUT2D eigenvalue weighted by molar-refractivity contribution is 0.741. The summed E-state index contributed by atoms with van der Waals surface area (Å²) in [6, 6.07) is 10.6. The summed E-state index contributed by atoms with van der Waals surface area (Å²) < 4.78 is 2.14. The smallest absolute Gasteiger partial charge is 0.127 e. The number of nitrogens with two attached hydrogens (primary N) is 1. The molecule has 2 aromatic rings. The average molecular weight is 281 g/mol. The maximum Gasteiger partial charge on any atom is 0.127 e. The third-order valence-electron chi connectivity index (χ3n) is 4.23. The van der Waals surface area contributed by atoms with Crippen molar-refractivity contribution in [1.29, 1.82) is 0 Å². The molecular formula is C18H23N3. The van der Waals surface area contributed by atoms with E-state index >= 15 is 0 Å². The molecule has 1 unspecified atom stereocenters. The Hall–Kier alpha value is -2.03. The number of nitrogen functional groups attached to an aromatic ring is 1. The van der Waals surface area contributed by atoms with E-state index < -0.39 is 0 Å². The van der Waals surface area contributed by atoms with Crippen LogP contribution >= 0.6 is 0 Å². The first-order valence-corrected chi connectivity index (χ1v) is 7.71. The van der Waals surface area contributed by atoms with Crippen LogP contribution < -0.4 is 5.73 Å². The Labute approximate surface area is 126 Å². The van der Waals surface area contributed by atoms with Gasteiger partial charge in [0.2, 0.25) is 0 Å². The second kappa shape index (κ2) is 5.76. The number of benzene rings is 1. The van der Waals surface area contributed by atoms with Crippen molar-refractivity contribution >= 4 is 5.82 Å². The zero-order chi connectivity index (χ0) is 14.8. The first-order valence-electron chi connectivity index (χ1n) is 7.71. The van der Waals surface area contributed by atoms with E-state index in [1.165, 1.54) is 18.4 Å². The van der Waals surface area contributed by atoms with Crippen LogP contribution in [0.3, 0.4) is 0 Å². The van der Waals surface area contributed by atoms with Crippen molar-refractivity contribution in [3.63, 3.8) is 0 Å². The van der Waals surface area contributed by atoms with Gasteiger partial charge in [0.05, 0.1) is 5.69 Å². The Balaban J connectivity index is 1.85. The number of rotatable bonds is 6. The van der Waals surface area contributed by atoms with Crippen molar-refractivity contribution in [2.24, 2.45) is 0 Å². The Morgan fingerprint density at radius 3 is 2.71 bits per heavy atom. The maximum atomic E-state index is 6.33. The minimum Gasteiger partial charge on any atom is -0.384 e.